The number of carboxylic acid groups (broad SMARTS) is 1. The molecule has 20 heavy (non-hydrogen) atoms. The summed E-state index contributed by atoms with van der Waals surface area (Å²) in [7, 11) is 0. The first-order chi connectivity index (χ1) is 9.56. The van der Waals surface area contributed by atoms with Crippen LogP contribution in [0.15, 0.2) is 48.5 Å². The van der Waals surface area contributed by atoms with E-state index >= 15 is 0 Å². The minimum Gasteiger partial charge on any atom is -0.502 e. The van der Waals surface area contributed by atoms with Gasteiger partial charge in [-0.15, -0.1) is 0 Å². The number of carbonyl (C=O) groups is 2. The normalized spacial score (nSPS) is 11.3. The van der Waals surface area contributed by atoms with Crippen molar-refractivity contribution in [1.29, 1.82) is 0 Å². The number of carbonyl (C=O) groups excluding carboxylic acids is 1. The van der Waals surface area contributed by atoms with E-state index < -0.39 is 17.5 Å². The van der Waals surface area contributed by atoms with Gasteiger partial charge in [-0.3, -0.25) is 9.78 Å². The molecule has 0 unspecified atom stereocenters. The number of H-pyrrole nitrogens is 1. The van der Waals surface area contributed by atoms with Crippen LogP contribution in [-0.2, 0) is 11.2 Å². The molecule has 0 spiro atoms. The quantitative estimate of drug-likeness (QED) is 0.436. The van der Waals surface area contributed by atoms with Crippen LogP contribution in [0.4, 0.5) is 0 Å². The number of aliphatic carboxylic acids is 1. The second-order valence-corrected chi connectivity index (χ2v) is 4.11. The highest BCUT2D eigenvalue weighted by Gasteiger charge is 2.11. The summed E-state index contributed by atoms with van der Waals surface area (Å²) in [5.74, 6) is -3.10. The van der Waals surface area contributed by atoms with Gasteiger partial charge in [0, 0.05) is 41.8 Å². The second-order valence-electron chi connectivity index (χ2n) is 4.11. The van der Waals surface area contributed by atoms with Crippen LogP contribution in [0.25, 0.3) is 0 Å². The highest BCUT2D eigenvalue weighted by molar-refractivity contribution is 6.07. The Balaban J connectivity index is 2.11. The minimum absolute atomic E-state index is 0.281. The fourth-order valence-corrected chi connectivity index (χ4v) is 1.65. The van der Waals surface area contributed by atoms with E-state index in [4.69, 9.17) is 10.2 Å². The van der Waals surface area contributed by atoms with E-state index in [1.807, 2.05) is 18.2 Å². The van der Waals surface area contributed by atoms with Gasteiger partial charge in [-0.05, 0) is 18.2 Å². The summed E-state index contributed by atoms with van der Waals surface area (Å²) < 4.78 is 0. The predicted molar refractivity (Wildman–Crippen MR) is 70.5 cm³/mol. The molecule has 0 saturated heterocycles. The van der Waals surface area contributed by atoms with Crippen molar-refractivity contribution in [3.63, 3.8) is 0 Å². The smallest absolute Gasteiger partial charge is 0.371 e. The molecule has 0 fully saturated rings. The van der Waals surface area contributed by atoms with Crippen molar-refractivity contribution in [2.75, 3.05) is 0 Å². The molecule has 3 N–H and O–H groups in total. The van der Waals surface area contributed by atoms with E-state index in [9.17, 15) is 9.59 Å². The number of nitrogens with zero attached hydrogens (tertiary/aromatic N) is 1. The number of ketones is 1. The largest absolute Gasteiger partial charge is 0.502 e. The molecule has 2 aromatic heterocycles. The lowest BCUT2D eigenvalue weighted by atomic mass is 10.1. The van der Waals surface area contributed by atoms with Gasteiger partial charge in [0.1, 0.15) is 0 Å². The molecule has 102 valence electrons. The topological polar surface area (TPSA) is 103 Å². The molecule has 0 amide bonds. The van der Waals surface area contributed by atoms with Crippen LogP contribution >= 0.6 is 0 Å². The van der Waals surface area contributed by atoms with Gasteiger partial charge in [-0.1, -0.05) is 6.07 Å². The Morgan fingerprint density at radius 1 is 1.30 bits per heavy atom. The monoisotopic (exact) mass is 272 g/mol. The summed E-state index contributed by atoms with van der Waals surface area (Å²) in [6, 6.07) is 7.14. The lowest BCUT2D eigenvalue weighted by molar-refractivity contribution is -0.135. The zero-order valence-corrected chi connectivity index (χ0v) is 10.4. The van der Waals surface area contributed by atoms with Gasteiger partial charge in [0.25, 0.3) is 0 Å². The number of carboxylic acids is 1. The Morgan fingerprint density at radius 2 is 2.10 bits per heavy atom. The molecule has 2 aromatic rings. The van der Waals surface area contributed by atoms with Crippen molar-refractivity contribution in [1.82, 2.24) is 9.97 Å². The van der Waals surface area contributed by atoms with Crippen molar-refractivity contribution < 1.29 is 19.8 Å². The molecule has 6 nitrogen and oxygen atoms in total. The minimum atomic E-state index is -1.54. The van der Waals surface area contributed by atoms with E-state index in [0.717, 1.165) is 11.4 Å². The molecule has 0 aliphatic heterocycles. The van der Waals surface area contributed by atoms with E-state index in [-0.39, 0.29) is 5.56 Å². The van der Waals surface area contributed by atoms with Crippen molar-refractivity contribution in [2.24, 2.45) is 0 Å². The Bertz CT molecular complexity index is 659. The number of aliphatic hydroxyl groups excluding tert-OH is 1. The third-order valence-corrected chi connectivity index (χ3v) is 2.61. The lowest BCUT2D eigenvalue weighted by Crippen LogP contribution is -2.03. The molecule has 0 aliphatic rings. The number of aromatic amines is 1. The maximum absolute atomic E-state index is 11.7. The molecular weight excluding hydrogens is 260 g/mol. The average Bonchev–Trinajstić information content (AvgIpc) is 2.88. The number of pyridine rings is 1. The Morgan fingerprint density at radius 3 is 2.75 bits per heavy atom. The van der Waals surface area contributed by atoms with E-state index in [1.54, 1.807) is 12.3 Å². The first-order valence-corrected chi connectivity index (χ1v) is 5.82. The summed E-state index contributed by atoms with van der Waals surface area (Å²) in [4.78, 5) is 29.2. The Labute approximate surface area is 114 Å². The van der Waals surface area contributed by atoms with Crippen LogP contribution in [0.3, 0.4) is 0 Å². The van der Waals surface area contributed by atoms with E-state index in [0.29, 0.717) is 12.5 Å². The molecular formula is C14H12N2O4. The van der Waals surface area contributed by atoms with Crippen molar-refractivity contribution in [2.45, 2.75) is 6.42 Å². The van der Waals surface area contributed by atoms with Crippen LogP contribution in [0.5, 0.6) is 0 Å². The number of aromatic nitrogens is 2. The van der Waals surface area contributed by atoms with Gasteiger partial charge >= 0.3 is 5.97 Å². The fourth-order valence-electron chi connectivity index (χ4n) is 1.65. The highest BCUT2D eigenvalue weighted by atomic mass is 16.4. The fraction of sp³-hybridized carbons (Fsp3) is 0.0714. The number of allylic oxidation sites excluding steroid dienone is 1. The first-order valence-electron chi connectivity index (χ1n) is 5.82. The summed E-state index contributed by atoms with van der Waals surface area (Å²) in [5.41, 5.74) is 1.90. The zero-order chi connectivity index (χ0) is 14.5. The summed E-state index contributed by atoms with van der Waals surface area (Å²) in [5, 5.41) is 17.5. The zero-order valence-electron chi connectivity index (χ0n) is 10.4. The van der Waals surface area contributed by atoms with Crippen LogP contribution in [0.2, 0.25) is 0 Å². The van der Waals surface area contributed by atoms with Crippen LogP contribution in [0, 0.1) is 0 Å². The Hall–Kier alpha value is -2.89. The van der Waals surface area contributed by atoms with Crippen LogP contribution < -0.4 is 0 Å². The molecule has 0 atom stereocenters. The average molecular weight is 272 g/mol. The molecule has 0 bridgehead atoms. The summed E-state index contributed by atoms with van der Waals surface area (Å²) in [6.07, 6.45) is 4.35. The summed E-state index contributed by atoms with van der Waals surface area (Å²) >= 11 is 0. The number of rotatable bonds is 5. The van der Waals surface area contributed by atoms with Gasteiger partial charge < -0.3 is 15.2 Å². The number of hydrogen-bond donors (Lipinski definition) is 3. The van der Waals surface area contributed by atoms with Gasteiger partial charge in [0.15, 0.2) is 5.78 Å². The molecule has 0 aromatic carbocycles. The number of hydrogen-bond acceptors (Lipinski definition) is 4. The van der Waals surface area contributed by atoms with E-state index in [1.165, 1.54) is 6.20 Å². The molecule has 0 radical (unpaired) electrons. The molecule has 2 rings (SSSR count). The van der Waals surface area contributed by atoms with Crippen molar-refractivity contribution >= 4 is 11.8 Å². The highest BCUT2D eigenvalue weighted by Crippen LogP contribution is 2.10. The van der Waals surface area contributed by atoms with E-state index in [2.05, 4.69) is 9.97 Å². The lowest BCUT2D eigenvalue weighted by Gasteiger charge is -1.96. The number of aliphatic hydroxyl groups is 1. The molecule has 0 aliphatic carbocycles. The predicted octanol–water partition coefficient (Wildman–Crippen LogP) is 1.71. The maximum atomic E-state index is 11.7. The molecule has 2 heterocycles. The Kier molecular flexibility index (Phi) is 3.95. The maximum Gasteiger partial charge on any atom is 0.371 e. The standard InChI is InChI=1S/C14H12N2O4/c17-12(7-13(18)14(19)20)9-5-11(16-8-9)6-10-3-1-2-4-15-10/h1-5,7-8,16,18H,6H2,(H,19,20)/b13-7-. The number of nitrogens with one attached hydrogen (secondary N) is 1. The van der Waals surface area contributed by atoms with Gasteiger partial charge in [-0.25, -0.2) is 4.79 Å². The molecule has 6 heteroatoms. The third kappa shape index (κ3) is 3.32. The van der Waals surface area contributed by atoms with Crippen molar-refractivity contribution in [3.8, 4) is 0 Å². The SMILES string of the molecule is O=C(O)/C(O)=C/C(=O)c1c[nH]c(Cc2ccccn2)c1. The second kappa shape index (κ2) is 5.83. The van der Waals surface area contributed by atoms with Gasteiger partial charge in [0.2, 0.25) is 5.76 Å². The van der Waals surface area contributed by atoms with Crippen LogP contribution in [-0.4, -0.2) is 31.9 Å². The third-order valence-electron chi connectivity index (χ3n) is 2.61. The molecule has 0 saturated carbocycles. The van der Waals surface area contributed by atoms with Crippen LogP contribution in [0.1, 0.15) is 21.7 Å². The summed E-state index contributed by atoms with van der Waals surface area (Å²) in [6.45, 7) is 0. The van der Waals surface area contributed by atoms with Crippen molar-refractivity contribution in [3.05, 3.63) is 65.4 Å². The first kappa shape index (κ1) is 13.5. The van der Waals surface area contributed by atoms with Gasteiger partial charge in [0.05, 0.1) is 0 Å². The van der Waals surface area contributed by atoms with Gasteiger partial charge in [-0.2, -0.15) is 0 Å².